The average Bonchev–Trinajstić information content (AvgIpc) is 3.03. The van der Waals surface area contributed by atoms with Crippen LogP contribution in [-0.4, -0.2) is 0 Å². The summed E-state index contributed by atoms with van der Waals surface area (Å²) < 4.78 is 0. The van der Waals surface area contributed by atoms with E-state index in [4.69, 9.17) is 0 Å². The Kier molecular flexibility index (Phi) is 5.24. The van der Waals surface area contributed by atoms with Crippen molar-refractivity contribution >= 4 is 43.1 Å². The Bertz CT molecular complexity index is 2210. The van der Waals surface area contributed by atoms with Crippen LogP contribution in [0.3, 0.4) is 0 Å². The Morgan fingerprint density at radius 1 is 0.225 bits per heavy atom. The van der Waals surface area contributed by atoms with Crippen molar-refractivity contribution in [1.29, 1.82) is 0 Å². The fraction of sp³-hybridized carbons (Fsp3) is 0. The van der Waals surface area contributed by atoms with Gasteiger partial charge in [0.1, 0.15) is 0 Å². The average molecular weight is 507 g/mol. The lowest BCUT2D eigenvalue weighted by Gasteiger charge is -2.15. The first kappa shape index (κ1) is 22.8. The normalized spacial score (nSPS) is 11.5. The van der Waals surface area contributed by atoms with Gasteiger partial charge in [0.15, 0.2) is 0 Å². The van der Waals surface area contributed by atoms with E-state index in [2.05, 4.69) is 158 Å². The Morgan fingerprint density at radius 2 is 0.850 bits per heavy atom. The molecule has 0 heterocycles. The molecule has 0 atom stereocenters. The molecule has 0 spiro atoms. The van der Waals surface area contributed by atoms with Crippen LogP contribution >= 0.6 is 0 Å². The molecule has 0 aliphatic carbocycles. The van der Waals surface area contributed by atoms with Crippen LogP contribution in [0.2, 0.25) is 0 Å². The van der Waals surface area contributed by atoms with Gasteiger partial charge in [-0.3, -0.25) is 0 Å². The van der Waals surface area contributed by atoms with Gasteiger partial charge in [0.05, 0.1) is 0 Å². The van der Waals surface area contributed by atoms with Crippen LogP contribution in [0.15, 0.2) is 158 Å². The van der Waals surface area contributed by atoms with E-state index in [9.17, 15) is 0 Å². The van der Waals surface area contributed by atoms with Gasteiger partial charge in [-0.2, -0.15) is 0 Å². The lowest BCUT2D eigenvalue weighted by atomic mass is 9.89. The highest BCUT2D eigenvalue weighted by molar-refractivity contribution is 6.15. The lowest BCUT2D eigenvalue weighted by Crippen LogP contribution is -1.88. The van der Waals surface area contributed by atoms with Gasteiger partial charge in [0, 0.05) is 0 Å². The zero-order valence-electron chi connectivity index (χ0n) is 22.0. The molecule has 0 bridgehead atoms. The summed E-state index contributed by atoms with van der Waals surface area (Å²) in [7, 11) is 0. The van der Waals surface area contributed by atoms with E-state index in [1.165, 1.54) is 76.5 Å². The van der Waals surface area contributed by atoms with Gasteiger partial charge in [0.2, 0.25) is 0 Å². The SMILES string of the molecule is c1cc(-c2ccc3ccccc3c2)cc(-c2cc3ccccc3c3ccc(-c4cccc5ccccc45)cc23)c1. The fourth-order valence-corrected chi connectivity index (χ4v) is 6.22. The Hall–Kier alpha value is -5.20. The van der Waals surface area contributed by atoms with Crippen LogP contribution in [0.25, 0.3) is 76.5 Å². The highest BCUT2D eigenvalue weighted by Gasteiger charge is 2.12. The molecule has 0 aliphatic heterocycles. The van der Waals surface area contributed by atoms with Gasteiger partial charge in [0.25, 0.3) is 0 Å². The van der Waals surface area contributed by atoms with Crippen LogP contribution in [0.4, 0.5) is 0 Å². The van der Waals surface area contributed by atoms with Crippen LogP contribution in [0, 0.1) is 0 Å². The van der Waals surface area contributed by atoms with Gasteiger partial charge in [-0.15, -0.1) is 0 Å². The molecule has 8 aromatic rings. The molecule has 0 amide bonds. The summed E-state index contributed by atoms with van der Waals surface area (Å²) >= 11 is 0. The van der Waals surface area contributed by atoms with Crippen molar-refractivity contribution < 1.29 is 0 Å². The zero-order valence-corrected chi connectivity index (χ0v) is 22.0. The number of benzene rings is 8. The molecule has 0 radical (unpaired) electrons. The molecule has 0 saturated carbocycles. The molecule has 0 aliphatic rings. The molecule has 0 heteroatoms. The molecule has 0 nitrogen and oxygen atoms in total. The maximum Gasteiger partial charge on any atom is -0.00928 e. The van der Waals surface area contributed by atoms with Crippen molar-refractivity contribution in [2.75, 3.05) is 0 Å². The Balaban J connectivity index is 1.36. The summed E-state index contributed by atoms with van der Waals surface area (Å²) in [5.41, 5.74) is 7.47. The topological polar surface area (TPSA) is 0 Å². The van der Waals surface area contributed by atoms with E-state index in [0.717, 1.165) is 0 Å². The van der Waals surface area contributed by atoms with E-state index in [-0.39, 0.29) is 0 Å². The summed E-state index contributed by atoms with van der Waals surface area (Å²) in [4.78, 5) is 0. The Labute approximate surface area is 233 Å². The smallest absolute Gasteiger partial charge is 0.00928 e. The zero-order chi connectivity index (χ0) is 26.5. The monoisotopic (exact) mass is 506 g/mol. The minimum Gasteiger partial charge on any atom is -0.0616 e. The third-order valence-electron chi connectivity index (χ3n) is 8.22. The van der Waals surface area contributed by atoms with Crippen LogP contribution < -0.4 is 0 Å². The van der Waals surface area contributed by atoms with Crippen molar-refractivity contribution in [3.8, 4) is 33.4 Å². The number of hydrogen-bond acceptors (Lipinski definition) is 0. The predicted octanol–water partition coefficient (Wildman–Crippen LogP) is 11.3. The molecular weight excluding hydrogens is 480 g/mol. The molecule has 8 aromatic carbocycles. The minimum atomic E-state index is 1.23. The first-order valence-corrected chi connectivity index (χ1v) is 13.9. The van der Waals surface area contributed by atoms with E-state index in [1.807, 2.05) is 0 Å². The van der Waals surface area contributed by atoms with E-state index in [1.54, 1.807) is 0 Å². The molecule has 0 aromatic heterocycles. The summed E-state index contributed by atoms with van der Waals surface area (Å²) in [6.45, 7) is 0. The van der Waals surface area contributed by atoms with Crippen LogP contribution in [0.1, 0.15) is 0 Å². The second-order valence-corrected chi connectivity index (χ2v) is 10.6. The van der Waals surface area contributed by atoms with Gasteiger partial charge >= 0.3 is 0 Å². The number of hydrogen-bond donors (Lipinski definition) is 0. The molecule has 0 fully saturated rings. The summed E-state index contributed by atoms with van der Waals surface area (Å²) in [6, 6.07) is 57.7. The maximum atomic E-state index is 2.39. The van der Waals surface area contributed by atoms with Crippen molar-refractivity contribution in [1.82, 2.24) is 0 Å². The maximum absolute atomic E-state index is 2.39. The number of fused-ring (bicyclic) bond motifs is 5. The van der Waals surface area contributed by atoms with Crippen molar-refractivity contribution in [2.45, 2.75) is 0 Å². The summed E-state index contributed by atoms with van der Waals surface area (Å²) in [6.07, 6.45) is 0. The van der Waals surface area contributed by atoms with Crippen molar-refractivity contribution in [3.05, 3.63) is 158 Å². The first-order chi connectivity index (χ1) is 19.8. The third kappa shape index (κ3) is 3.77. The standard InChI is InChI=1S/C40H26/c1-2-11-29-23-31(20-19-27(29)9-1)30-14-7-15-32(24-30)39-25-33-12-4-6-17-37(33)38-22-21-34(26-40(38)39)36-18-8-13-28-10-3-5-16-35(28)36/h1-26H. The minimum absolute atomic E-state index is 1.23. The molecular formula is C40H26. The summed E-state index contributed by atoms with van der Waals surface area (Å²) in [5, 5.41) is 10.2. The third-order valence-corrected chi connectivity index (χ3v) is 8.22. The van der Waals surface area contributed by atoms with E-state index >= 15 is 0 Å². The first-order valence-electron chi connectivity index (χ1n) is 13.9. The lowest BCUT2D eigenvalue weighted by molar-refractivity contribution is 1.62. The molecule has 8 rings (SSSR count). The molecule has 186 valence electrons. The van der Waals surface area contributed by atoms with Crippen molar-refractivity contribution in [3.63, 3.8) is 0 Å². The van der Waals surface area contributed by atoms with Gasteiger partial charge in [-0.25, -0.2) is 0 Å². The predicted molar refractivity (Wildman–Crippen MR) is 173 cm³/mol. The largest absolute Gasteiger partial charge is 0.0616 e. The molecule has 0 unspecified atom stereocenters. The van der Waals surface area contributed by atoms with Crippen LogP contribution in [-0.2, 0) is 0 Å². The highest BCUT2D eigenvalue weighted by atomic mass is 14.2. The second-order valence-electron chi connectivity index (χ2n) is 10.6. The van der Waals surface area contributed by atoms with Crippen LogP contribution in [0.5, 0.6) is 0 Å². The fourth-order valence-electron chi connectivity index (χ4n) is 6.22. The molecule has 0 N–H and O–H groups in total. The number of rotatable bonds is 3. The molecule has 0 saturated heterocycles. The second kappa shape index (κ2) is 9.22. The highest BCUT2D eigenvalue weighted by Crippen LogP contribution is 2.39. The molecule has 40 heavy (non-hydrogen) atoms. The van der Waals surface area contributed by atoms with E-state index in [0.29, 0.717) is 0 Å². The Morgan fingerprint density at radius 3 is 1.75 bits per heavy atom. The van der Waals surface area contributed by atoms with Crippen molar-refractivity contribution in [2.24, 2.45) is 0 Å². The van der Waals surface area contributed by atoms with Gasteiger partial charge < -0.3 is 0 Å². The quantitative estimate of drug-likeness (QED) is 0.209. The summed E-state index contributed by atoms with van der Waals surface area (Å²) in [5.74, 6) is 0. The van der Waals surface area contributed by atoms with Gasteiger partial charge in [-0.1, -0.05) is 133 Å². The van der Waals surface area contributed by atoms with Gasteiger partial charge in [-0.05, 0) is 101 Å². The van der Waals surface area contributed by atoms with E-state index < -0.39 is 0 Å².